The van der Waals surface area contributed by atoms with Crippen molar-refractivity contribution in [1.29, 1.82) is 0 Å². The van der Waals surface area contributed by atoms with Crippen molar-refractivity contribution in [2.75, 3.05) is 0 Å². The van der Waals surface area contributed by atoms with Crippen molar-refractivity contribution in [2.24, 2.45) is 0 Å². The Bertz CT molecular complexity index is 2020. The Kier molecular flexibility index (Phi) is 4.46. The van der Waals surface area contributed by atoms with Gasteiger partial charge in [-0.15, -0.1) is 11.3 Å². The zero-order chi connectivity index (χ0) is 24.3. The van der Waals surface area contributed by atoms with Gasteiger partial charge in [0, 0.05) is 5.56 Å². The van der Waals surface area contributed by atoms with Crippen molar-refractivity contribution in [2.45, 2.75) is 0 Å². The molecule has 172 valence electrons. The molecule has 0 amide bonds. The van der Waals surface area contributed by atoms with Crippen molar-refractivity contribution in [3.05, 3.63) is 127 Å². The average Bonchev–Trinajstić information content (AvgIpc) is 3.40. The molecule has 0 N–H and O–H groups in total. The van der Waals surface area contributed by atoms with Gasteiger partial charge in [0.1, 0.15) is 5.01 Å². The van der Waals surface area contributed by atoms with Crippen LogP contribution >= 0.6 is 11.3 Å². The number of aromatic nitrogens is 1. The fraction of sp³-hybridized carbons (Fsp3) is 0. The lowest BCUT2D eigenvalue weighted by Crippen LogP contribution is -1.91. The third-order valence-electron chi connectivity index (χ3n) is 7.47. The summed E-state index contributed by atoms with van der Waals surface area (Å²) in [5.74, 6) is 0. The summed E-state index contributed by atoms with van der Waals surface area (Å²) in [6.45, 7) is 0. The first-order valence-corrected chi connectivity index (χ1v) is 13.4. The third-order valence-corrected chi connectivity index (χ3v) is 8.54. The molecule has 0 aliphatic heterocycles. The van der Waals surface area contributed by atoms with Gasteiger partial charge in [-0.25, -0.2) is 4.98 Å². The normalized spacial score (nSPS) is 11.8. The number of nitrogens with zero attached hydrogens (tertiary/aromatic N) is 1. The molecule has 1 heterocycles. The summed E-state index contributed by atoms with van der Waals surface area (Å²) in [6.07, 6.45) is 0. The molecule has 8 aromatic rings. The first kappa shape index (κ1) is 20.6. The molecule has 1 nitrogen and oxygen atoms in total. The number of fused-ring (bicyclic) bond motifs is 1. The Labute approximate surface area is 218 Å². The van der Waals surface area contributed by atoms with Crippen molar-refractivity contribution in [3.8, 4) is 32.8 Å². The molecule has 0 saturated carbocycles. The molecule has 0 radical (unpaired) electrons. The van der Waals surface area contributed by atoms with E-state index in [9.17, 15) is 0 Å². The summed E-state index contributed by atoms with van der Waals surface area (Å²) in [7, 11) is 0. The van der Waals surface area contributed by atoms with Gasteiger partial charge < -0.3 is 0 Å². The zero-order valence-electron chi connectivity index (χ0n) is 20.0. The molecule has 7 aromatic carbocycles. The first-order chi connectivity index (χ1) is 18.3. The van der Waals surface area contributed by atoms with Gasteiger partial charge in [-0.3, -0.25) is 0 Å². The van der Waals surface area contributed by atoms with Crippen LogP contribution in [0.3, 0.4) is 0 Å². The van der Waals surface area contributed by atoms with Gasteiger partial charge in [-0.2, -0.15) is 0 Å². The average molecular weight is 488 g/mol. The van der Waals surface area contributed by atoms with Crippen LogP contribution in [-0.2, 0) is 0 Å². The lowest BCUT2D eigenvalue weighted by atomic mass is 9.87. The van der Waals surface area contributed by atoms with E-state index in [4.69, 9.17) is 4.98 Å². The van der Waals surface area contributed by atoms with E-state index in [1.54, 1.807) is 11.3 Å². The lowest BCUT2D eigenvalue weighted by molar-refractivity contribution is 1.49. The third kappa shape index (κ3) is 3.20. The topological polar surface area (TPSA) is 12.9 Å². The minimum Gasteiger partial charge on any atom is -0.236 e. The minimum absolute atomic E-state index is 1.06. The van der Waals surface area contributed by atoms with E-state index in [-0.39, 0.29) is 0 Å². The van der Waals surface area contributed by atoms with E-state index in [1.807, 2.05) is 0 Å². The van der Waals surface area contributed by atoms with Gasteiger partial charge in [0.05, 0.1) is 10.2 Å². The highest BCUT2D eigenvalue weighted by Gasteiger charge is 2.18. The van der Waals surface area contributed by atoms with Gasteiger partial charge >= 0.3 is 0 Å². The van der Waals surface area contributed by atoms with Crippen LogP contribution < -0.4 is 0 Å². The van der Waals surface area contributed by atoms with E-state index >= 15 is 0 Å². The van der Waals surface area contributed by atoms with E-state index in [1.165, 1.54) is 64.8 Å². The molecule has 0 unspecified atom stereocenters. The van der Waals surface area contributed by atoms with Crippen LogP contribution in [0.25, 0.3) is 75.4 Å². The molecule has 0 fully saturated rings. The second kappa shape index (κ2) is 7.99. The van der Waals surface area contributed by atoms with Gasteiger partial charge in [-0.05, 0) is 72.8 Å². The largest absolute Gasteiger partial charge is 0.236 e. The Hall–Kier alpha value is -4.53. The summed E-state index contributed by atoms with van der Waals surface area (Å²) >= 11 is 1.77. The number of thiazole rings is 1. The predicted octanol–water partition coefficient (Wildman–Crippen LogP) is 10.2. The molecule has 0 aliphatic rings. The fourth-order valence-electron chi connectivity index (χ4n) is 5.71. The highest BCUT2D eigenvalue weighted by atomic mass is 32.1. The smallest absolute Gasteiger partial charge is 0.125 e. The van der Waals surface area contributed by atoms with Crippen LogP contribution in [0.4, 0.5) is 0 Å². The van der Waals surface area contributed by atoms with Gasteiger partial charge in [0.2, 0.25) is 0 Å². The van der Waals surface area contributed by atoms with E-state index < -0.39 is 0 Å². The number of para-hydroxylation sites is 1. The van der Waals surface area contributed by atoms with E-state index in [0.717, 1.165) is 10.5 Å². The lowest BCUT2D eigenvalue weighted by Gasteiger charge is -2.17. The van der Waals surface area contributed by atoms with Gasteiger partial charge in [0.15, 0.2) is 0 Å². The van der Waals surface area contributed by atoms with Crippen LogP contribution in [-0.4, -0.2) is 4.98 Å². The Morgan fingerprint density at radius 3 is 1.86 bits per heavy atom. The predicted molar refractivity (Wildman–Crippen MR) is 160 cm³/mol. The zero-order valence-corrected chi connectivity index (χ0v) is 20.8. The van der Waals surface area contributed by atoms with Gasteiger partial charge in [-0.1, -0.05) is 109 Å². The van der Waals surface area contributed by atoms with Crippen molar-refractivity contribution < 1.29 is 0 Å². The van der Waals surface area contributed by atoms with Crippen molar-refractivity contribution in [1.82, 2.24) is 4.98 Å². The van der Waals surface area contributed by atoms with Gasteiger partial charge in [0.25, 0.3) is 0 Å². The monoisotopic (exact) mass is 487 g/mol. The second-order valence-corrected chi connectivity index (χ2v) is 10.6. The van der Waals surface area contributed by atoms with Crippen LogP contribution in [0.1, 0.15) is 0 Å². The van der Waals surface area contributed by atoms with Crippen LogP contribution in [0, 0.1) is 0 Å². The number of hydrogen-bond donors (Lipinski definition) is 0. The van der Waals surface area contributed by atoms with Crippen LogP contribution in [0.2, 0.25) is 0 Å². The Balaban J connectivity index is 1.44. The van der Waals surface area contributed by atoms with E-state index in [2.05, 4.69) is 127 Å². The molecule has 8 rings (SSSR count). The molecule has 0 atom stereocenters. The SMILES string of the molecule is c1ccc(-c2ccc(-c3cc(-c4nc5ccccc5s4)c4ccc5cccc6ccc3c4c65)cc2)cc1. The Morgan fingerprint density at radius 2 is 1.11 bits per heavy atom. The summed E-state index contributed by atoms with van der Waals surface area (Å²) in [5, 5.41) is 8.85. The number of benzene rings is 7. The number of hydrogen-bond acceptors (Lipinski definition) is 2. The van der Waals surface area contributed by atoms with Crippen LogP contribution in [0.15, 0.2) is 127 Å². The van der Waals surface area contributed by atoms with E-state index in [0.29, 0.717) is 0 Å². The standard InChI is InChI=1S/C35H21NS/c1-2-7-22(8-3-1)23-13-15-24(16-14-23)29-21-30(35-36-31-11-4-5-12-32(31)37-35)28-20-18-26-10-6-9-25-17-19-27(29)34(28)33(25)26/h1-21H. The maximum absolute atomic E-state index is 5.07. The second-order valence-electron chi connectivity index (χ2n) is 9.58. The summed E-state index contributed by atoms with van der Waals surface area (Å²) in [4.78, 5) is 5.07. The first-order valence-electron chi connectivity index (χ1n) is 12.6. The fourth-order valence-corrected chi connectivity index (χ4v) is 6.70. The van der Waals surface area contributed by atoms with Crippen molar-refractivity contribution >= 4 is 53.9 Å². The number of rotatable bonds is 3. The molecular formula is C35H21NS. The minimum atomic E-state index is 1.06. The van der Waals surface area contributed by atoms with Crippen LogP contribution in [0.5, 0.6) is 0 Å². The highest BCUT2D eigenvalue weighted by molar-refractivity contribution is 7.21. The Morgan fingerprint density at radius 1 is 0.459 bits per heavy atom. The molecular weight excluding hydrogens is 466 g/mol. The quantitative estimate of drug-likeness (QED) is 0.226. The molecule has 1 aromatic heterocycles. The molecule has 2 heteroatoms. The molecule has 0 saturated heterocycles. The summed E-state index contributed by atoms with van der Waals surface area (Å²) < 4.78 is 1.22. The summed E-state index contributed by atoms with van der Waals surface area (Å²) in [6, 6.07) is 46.1. The maximum atomic E-state index is 5.07. The van der Waals surface area contributed by atoms with Crippen molar-refractivity contribution in [3.63, 3.8) is 0 Å². The molecule has 0 bridgehead atoms. The molecule has 0 aliphatic carbocycles. The maximum Gasteiger partial charge on any atom is 0.125 e. The molecule has 37 heavy (non-hydrogen) atoms. The molecule has 0 spiro atoms. The highest BCUT2D eigenvalue weighted by Crippen LogP contribution is 2.45. The summed E-state index contributed by atoms with van der Waals surface area (Å²) in [5.41, 5.74) is 7.20.